The van der Waals surface area contributed by atoms with E-state index in [0.29, 0.717) is 13.0 Å². The van der Waals surface area contributed by atoms with Crippen molar-refractivity contribution in [1.82, 2.24) is 4.90 Å². The summed E-state index contributed by atoms with van der Waals surface area (Å²) in [5, 5.41) is 8.75. The Labute approximate surface area is 88.4 Å². The molecule has 0 aromatic rings. The fourth-order valence-electron chi connectivity index (χ4n) is 1.56. The average Bonchev–Trinajstić information content (AvgIpc) is 2.29. The van der Waals surface area contributed by atoms with E-state index < -0.39 is 12.0 Å². The third-order valence-corrected chi connectivity index (χ3v) is 2.13. The van der Waals surface area contributed by atoms with Crippen molar-refractivity contribution in [1.29, 1.82) is 0 Å². The highest BCUT2D eigenvalue weighted by Gasteiger charge is 2.35. The molecule has 1 aliphatic rings. The number of esters is 1. The van der Waals surface area contributed by atoms with Crippen LogP contribution in [0.3, 0.4) is 0 Å². The highest BCUT2D eigenvalue weighted by Crippen LogP contribution is 2.18. The maximum atomic E-state index is 10.7. The molecular weight excluding hydrogens is 210 g/mol. The van der Waals surface area contributed by atoms with Gasteiger partial charge >= 0.3 is 11.9 Å². The summed E-state index contributed by atoms with van der Waals surface area (Å²) >= 11 is 0. The largest absolute Gasteiger partial charge is 0.480 e. The number of ether oxygens (including phenoxy) is 1. The van der Waals surface area contributed by atoms with E-state index in [0.717, 1.165) is 0 Å². The molecule has 0 aromatic heterocycles. The molecule has 1 fully saturated rings. The number of hydrogen-bond donors (Lipinski definition) is 1. The second kappa shape index (κ2) is 5.17. The van der Waals surface area contributed by atoms with Gasteiger partial charge in [0, 0.05) is 19.9 Å². The van der Waals surface area contributed by atoms with Crippen LogP contribution in [-0.4, -0.2) is 47.7 Å². The lowest BCUT2D eigenvalue weighted by Gasteiger charge is -2.12. The standard InChI is InChI=1S/C8H13NO4.ClH/c1-5(10)13-6-3-7(8(11)12)9(2)4-6;/h6-7H,3-4H2,1-2H3,(H,11,12);1H/t6-,7+;/m1./s1. The number of carboxylic acids is 1. The zero-order valence-corrected chi connectivity index (χ0v) is 8.91. The molecular formula is C8H14ClNO4. The highest BCUT2D eigenvalue weighted by molar-refractivity contribution is 5.85. The molecule has 0 aromatic carbocycles. The lowest BCUT2D eigenvalue weighted by molar-refractivity contribution is -0.146. The number of carbonyl (C=O) groups excluding carboxylic acids is 1. The van der Waals surface area contributed by atoms with Crippen LogP contribution in [0.5, 0.6) is 0 Å². The molecule has 0 saturated carbocycles. The number of rotatable bonds is 2. The van der Waals surface area contributed by atoms with Crippen LogP contribution in [-0.2, 0) is 14.3 Å². The Bertz CT molecular complexity index is 233. The first kappa shape index (κ1) is 13.2. The molecule has 6 heteroatoms. The van der Waals surface area contributed by atoms with Crippen molar-refractivity contribution in [3.63, 3.8) is 0 Å². The molecule has 1 aliphatic heterocycles. The lowest BCUT2D eigenvalue weighted by atomic mass is 10.2. The topological polar surface area (TPSA) is 66.8 Å². The number of aliphatic carboxylic acids is 1. The van der Waals surface area contributed by atoms with E-state index in [-0.39, 0.29) is 24.5 Å². The van der Waals surface area contributed by atoms with Gasteiger partial charge in [0.2, 0.25) is 0 Å². The van der Waals surface area contributed by atoms with Gasteiger partial charge in [-0.2, -0.15) is 0 Å². The van der Waals surface area contributed by atoms with Gasteiger partial charge in [0.05, 0.1) is 0 Å². The molecule has 0 radical (unpaired) electrons. The van der Waals surface area contributed by atoms with Gasteiger partial charge < -0.3 is 9.84 Å². The van der Waals surface area contributed by atoms with Gasteiger partial charge in [-0.1, -0.05) is 0 Å². The van der Waals surface area contributed by atoms with Crippen LogP contribution < -0.4 is 0 Å². The summed E-state index contributed by atoms with van der Waals surface area (Å²) in [7, 11) is 1.71. The van der Waals surface area contributed by atoms with E-state index in [1.807, 2.05) is 0 Å². The first-order valence-electron chi connectivity index (χ1n) is 4.11. The molecule has 2 atom stereocenters. The van der Waals surface area contributed by atoms with Crippen LogP contribution in [0.4, 0.5) is 0 Å². The zero-order valence-electron chi connectivity index (χ0n) is 8.10. The van der Waals surface area contributed by atoms with Gasteiger partial charge in [-0.3, -0.25) is 14.5 Å². The molecule has 5 nitrogen and oxygen atoms in total. The highest BCUT2D eigenvalue weighted by atomic mass is 35.5. The first-order chi connectivity index (χ1) is 6.00. The van der Waals surface area contributed by atoms with Crippen LogP contribution in [0.2, 0.25) is 0 Å². The van der Waals surface area contributed by atoms with Crippen LogP contribution >= 0.6 is 12.4 Å². The molecule has 0 aliphatic carbocycles. The Morgan fingerprint density at radius 2 is 2.07 bits per heavy atom. The molecule has 1 saturated heterocycles. The maximum absolute atomic E-state index is 10.7. The maximum Gasteiger partial charge on any atom is 0.321 e. The number of likely N-dealkylation sites (tertiary alicyclic amines) is 1. The molecule has 0 unspecified atom stereocenters. The number of likely N-dealkylation sites (N-methyl/N-ethyl adjacent to an activating group) is 1. The molecule has 1 heterocycles. The van der Waals surface area contributed by atoms with E-state index >= 15 is 0 Å². The average molecular weight is 224 g/mol. The zero-order chi connectivity index (χ0) is 10.0. The number of carbonyl (C=O) groups is 2. The van der Waals surface area contributed by atoms with Crippen molar-refractivity contribution in [2.75, 3.05) is 13.6 Å². The van der Waals surface area contributed by atoms with E-state index in [9.17, 15) is 9.59 Å². The molecule has 14 heavy (non-hydrogen) atoms. The van der Waals surface area contributed by atoms with Crippen molar-refractivity contribution < 1.29 is 19.4 Å². The van der Waals surface area contributed by atoms with E-state index in [2.05, 4.69) is 0 Å². The Morgan fingerprint density at radius 1 is 1.50 bits per heavy atom. The summed E-state index contributed by atoms with van der Waals surface area (Å²) in [6.45, 7) is 1.82. The van der Waals surface area contributed by atoms with Gasteiger partial charge in [-0.15, -0.1) is 12.4 Å². The van der Waals surface area contributed by atoms with E-state index in [1.165, 1.54) is 6.92 Å². The third kappa shape index (κ3) is 3.16. The molecule has 1 rings (SSSR count). The smallest absolute Gasteiger partial charge is 0.321 e. The van der Waals surface area contributed by atoms with Crippen LogP contribution in [0.1, 0.15) is 13.3 Å². The normalized spacial score (nSPS) is 26.7. The van der Waals surface area contributed by atoms with Gasteiger partial charge in [0.1, 0.15) is 12.1 Å². The number of hydrogen-bond acceptors (Lipinski definition) is 4. The Balaban J connectivity index is 0.00000169. The second-order valence-corrected chi connectivity index (χ2v) is 3.26. The van der Waals surface area contributed by atoms with Crippen molar-refractivity contribution >= 4 is 24.3 Å². The predicted octanol–water partition coefficient (Wildman–Crippen LogP) is 0.129. The predicted molar refractivity (Wildman–Crippen MR) is 51.5 cm³/mol. The Hall–Kier alpha value is -0.810. The van der Waals surface area contributed by atoms with Gasteiger partial charge in [0.15, 0.2) is 0 Å². The summed E-state index contributed by atoms with van der Waals surface area (Å²) in [6, 6.07) is -0.524. The summed E-state index contributed by atoms with van der Waals surface area (Å²) in [6.07, 6.45) is 0.106. The summed E-state index contributed by atoms with van der Waals surface area (Å²) in [4.78, 5) is 22.9. The molecule has 0 amide bonds. The number of halogens is 1. The minimum Gasteiger partial charge on any atom is -0.480 e. The molecule has 82 valence electrons. The second-order valence-electron chi connectivity index (χ2n) is 3.26. The molecule has 1 N–H and O–H groups in total. The van der Waals surface area contributed by atoms with Gasteiger partial charge in [-0.05, 0) is 7.05 Å². The summed E-state index contributed by atoms with van der Waals surface area (Å²) < 4.78 is 4.92. The summed E-state index contributed by atoms with van der Waals surface area (Å²) in [5.74, 6) is -1.22. The fraction of sp³-hybridized carbons (Fsp3) is 0.750. The third-order valence-electron chi connectivity index (χ3n) is 2.13. The molecule has 0 bridgehead atoms. The number of carboxylic acid groups (broad SMARTS) is 1. The molecule has 0 spiro atoms. The Morgan fingerprint density at radius 3 is 2.43 bits per heavy atom. The first-order valence-corrected chi connectivity index (χ1v) is 4.11. The minimum atomic E-state index is -0.864. The lowest BCUT2D eigenvalue weighted by Crippen LogP contribution is -2.32. The van der Waals surface area contributed by atoms with E-state index in [1.54, 1.807) is 11.9 Å². The minimum absolute atomic E-state index is 0. The van der Waals surface area contributed by atoms with Crippen LogP contribution in [0.15, 0.2) is 0 Å². The summed E-state index contributed by atoms with van der Waals surface area (Å²) in [5.41, 5.74) is 0. The number of nitrogens with zero attached hydrogens (tertiary/aromatic N) is 1. The van der Waals surface area contributed by atoms with E-state index in [4.69, 9.17) is 9.84 Å². The quantitative estimate of drug-likeness (QED) is 0.674. The van der Waals surface area contributed by atoms with Gasteiger partial charge in [-0.25, -0.2) is 0 Å². The monoisotopic (exact) mass is 223 g/mol. The Kier molecular flexibility index (Phi) is 4.87. The van der Waals surface area contributed by atoms with Crippen molar-refractivity contribution in [2.24, 2.45) is 0 Å². The van der Waals surface area contributed by atoms with Gasteiger partial charge in [0.25, 0.3) is 0 Å². The van der Waals surface area contributed by atoms with Crippen LogP contribution in [0.25, 0.3) is 0 Å². The van der Waals surface area contributed by atoms with Crippen LogP contribution in [0, 0.1) is 0 Å². The SMILES string of the molecule is CC(=O)O[C@@H]1C[C@@H](C(=O)O)N(C)C1.Cl. The van der Waals surface area contributed by atoms with Crippen molar-refractivity contribution in [2.45, 2.75) is 25.5 Å². The van der Waals surface area contributed by atoms with Crippen molar-refractivity contribution in [3.8, 4) is 0 Å². The van der Waals surface area contributed by atoms with Crippen molar-refractivity contribution in [3.05, 3.63) is 0 Å². The fourth-order valence-corrected chi connectivity index (χ4v) is 1.56.